The lowest BCUT2D eigenvalue weighted by Crippen LogP contribution is -2.46. The molecule has 0 amide bonds. The number of fused-ring (bicyclic) bond motifs is 3. The van der Waals surface area contributed by atoms with Crippen molar-refractivity contribution in [3.63, 3.8) is 0 Å². The summed E-state index contributed by atoms with van der Waals surface area (Å²) in [5.74, 6) is 0.288. The minimum Gasteiger partial charge on any atom is -0.293 e. The molecule has 3 aromatic carbocycles. The predicted molar refractivity (Wildman–Crippen MR) is 156 cm³/mol. The molecule has 0 bridgehead atoms. The summed E-state index contributed by atoms with van der Waals surface area (Å²) in [6, 6.07) is 29.8. The number of allylic oxidation sites excluding steroid dienone is 2. The number of nitrogens with zero attached hydrogens (tertiary/aromatic N) is 3. The third-order valence-corrected chi connectivity index (χ3v) is 8.86. The molecule has 0 saturated carbocycles. The quantitative estimate of drug-likeness (QED) is 0.281. The first-order chi connectivity index (χ1) is 18.8. The number of rotatable bonds is 4. The van der Waals surface area contributed by atoms with E-state index in [4.69, 9.17) is 5.10 Å². The first-order valence-corrected chi connectivity index (χ1v) is 13.9. The van der Waals surface area contributed by atoms with Crippen molar-refractivity contribution in [2.45, 2.75) is 51.9 Å². The normalized spacial score (nSPS) is 22.2. The van der Waals surface area contributed by atoms with Gasteiger partial charge in [-0.3, -0.25) is 4.79 Å². The Morgan fingerprint density at radius 1 is 0.974 bits per heavy atom. The Kier molecular flexibility index (Phi) is 6.11. The lowest BCUT2D eigenvalue weighted by molar-refractivity contribution is -0.121. The molecule has 0 N–H and O–H groups in total. The van der Waals surface area contributed by atoms with E-state index >= 15 is 0 Å². The van der Waals surface area contributed by atoms with Crippen molar-refractivity contribution >= 4 is 5.78 Å². The molecule has 1 aromatic heterocycles. The predicted octanol–water partition coefficient (Wildman–Crippen LogP) is 7.82. The number of ketones is 1. The van der Waals surface area contributed by atoms with Crippen LogP contribution in [0.2, 0.25) is 0 Å². The standard InChI is InChI=1S/C35H33N3O/c1-22(2)26-11-8-12-27(19-26)32-30-17-18-31-23(3)33(39)28(21-36)20-35(31,4)34(30)38(37-32)29-15-13-25(14-16-29)24-9-6-5-7-10-24/h5-16,19-20,22-23,31H,17-18H2,1-4H3/t23-,31-,35-/m1/s1. The zero-order valence-electron chi connectivity index (χ0n) is 23.0. The zero-order valence-corrected chi connectivity index (χ0v) is 23.0. The molecule has 1 heterocycles. The lowest BCUT2D eigenvalue weighted by atomic mass is 9.57. The van der Waals surface area contributed by atoms with Crippen LogP contribution < -0.4 is 0 Å². The molecule has 39 heavy (non-hydrogen) atoms. The second-order valence-electron chi connectivity index (χ2n) is 11.5. The molecule has 3 atom stereocenters. The molecule has 4 heteroatoms. The van der Waals surface area contributed by atoms with Crippen LogP contribution in [-0.4, -0.2) is 15.6 Å². The van der Waals surface area contributed by atoms with Crippen LogP contribution in [0.15, 0.2) is 90.5 Å². The summed E-state index contributed by atoms with van der Waals surface area (Å²) < 4.78 is 2.08. The van der Waals surface area contributed by atoms with Gasteiger partial charge >= 0.3 is 0 Å². The van der Waals surface area contributed by atoms with E-state index in [-0.39, 0.29) is 23.2 Å². The van der Waals surface area contributed by atoms with E-state index in [1.807, 2.05) is 19.1 Å². The molecular formula is C35H33N3O. The molecule has 0 radical (unpaired) electrons. The van der Waals surface area contributed by atoms with Crippen LogP contribution in [0, 0.1) is 23.2 Å². The molecule has 6 rings (SSSR count). The molecule has 0 aliphatic heterocycles. The maximum absolute atomic E-state index is 13.0. The highest BCUT2D eigenvalue weighted by Crippen LogP contribution is 2.52. The SMILES string of the molecule is CC(C)c1cccc(-c2nn(-c3ccc(-c4ccccc4)cc3)c3c2CC[C@@H]2[C@@H](C)C(=O)C(C#N)=C[C@@]32C)c1. The van der Waals surface area contributed by atoms with Gasteiger partial charge < -0.3 is 0 Å². The van der Waals surface area contributed by atoms with Crippen LogP contribution in [0.25, 0.3) is 28.1 Å². The highest BCUT2D eigenvalue weighted by Gasteiger charge is 2.50. The van der Waals surface area contributed by atoms with E-state index in [0.29, 0.717) is 5.92 Å². The van der Waals surface area contributed by atoms with Gasteiger partial charge in [-0.1, -0.05) is 94.4 Å². The number of aromatic nitrogens is 2. The molecule has 0 saturated heterocycles. The summed E-state index contributed by atoms with van der Waals surface area (Å²) in [5, 5.41) is 15.1. The Labute approximate surface area is 230 Å². The molecule has 4 aromatic rings. The van der Waals surface area contributed by atoms with Crippen LogP contribution in [0.1, 0.15) is 56.9 Å². The fraction of sp³-hybridized carbons (Fsp3) is 0.286. The third kappa shape index (κ3) is 4.05. The summed E-state index contributed by atoms with van der Waals surface area (Å²) in [5.41, 5.74) is 8.81. The van der Waals surface area contributed by atoms with Crippen molar-refractivity contribution in [3.05, 3.63) is 107 Å². The number of carbonyl (C=O) groups is 1. The van der Waals surface area contributed by atoms with Gasteiger partial charge in [0.2, 0.25) is 0 Å². The lowest BCUT2D eigenvalue weighted by Gasteiger charge is -2.45. The van der Waals surface area contributed by atoms with Crippen LogP contribution in [0.3, 0.4) is 0 Å². The summed E-state index contributed by atoms with van der Waals surface area (Å²) in [4.78, 5) is 13.0. The van der Waals surface area contributed by atoms with Gasteiger partial charge in [0.1, 0.15) is 6.07 Å². The van der Waals surface area contributed by atoms with E-state index < -0.39 is 5.41 Å². The summed E-state index contributed by atoms with van der Waals surface area (Å²) in [6.07, 6.45) is 3.68. The number of hydrogen-bond acceptors (Lipinski definition) is 3. The van der Waals surface area contributed by atoms with Crippen molar-refractivity contribution in [2.75, 3.05) is 0 Å². The largest absolute Gasteiger partial charge is 0.293 e. The van der Waals surface area contributed by atoms with E-state index in [1.54, 1.807) is 0 Å². The topological polar surface area (TPSA) is 58.7 Å². The molecule has 2 aliphatic carbocycles. The average Bonchev–Trinajstić information content (AvgIpc) is 3.37. The van der Waals surface area contributed by atoms with Gasteiger partial charge in [0, 0.05) is 22.5 Å². The van der Waals surface area contributed by atoms with E-state index in [1.165, 1.54) is 16.7 Å². The fourth-order valence-electron chi connectivity index (χ4n) is 6.74. The highest BCUT2D eigenvalue weighted by molar-refractivity contribution is 6.02. The van der Waals surface area contributed by atoms with Gasteiger partial charge in [0.15, 0.2) is 5.78 Å². The number of benzene rings is 3. The minimum absolute atomic E-state index is 0.0356. The van der Waals surface area contributed by atoms with E-state index in [2.05, 4.69) is 104 Å². The molecule has 0 fully saturated rings. The average molecular weight is 512 g/mol. The minimum atomic E-state index is -0.481. The van der Waals surface area contributed by atoms with Gasteiger partial charge in [0.05, 0.1) is 22.6 Å². The van der Waals surface area contributed by atoms with E-state index in [9.17, 15) is 10.1 Å². The maximum Gasteiger partial charge on any atom is 0.176 e. The van der Waals surface area contributed by atoms with Crippen LogP contribution in [0.4, 0.5) is 0 Å². The molecular weight excluding hydrogens is 478 g/mol. The zero-order chi connectivity index (χ0) is 27.3. The van der Waals surface area contributed by atoms with Crippen molar-refractivity contribution in [1.82, 2.24) is 9.78 Å². The van der Waals surface area contributed by atoms with Gasteiger partial charge in [0.25, 0.3) is 0 Å². The van der Waals surface area contributed by atoms with Crippen molar-refractivity contribution in [1.29, 1.82) is 5.26 Å². The second kappa shape index (κ2) is 9.50. The monoisotopic (exact) mass is 511 g/mol. The van der Waals surface area contributed by atoms with Gasteiger partial charge in [-0.2, -0.15) is 10.4 Å². The van der Waals surface area contributed by atoms with Gasteiger partial charge in [-0.15, -0.1) is 0 Å². The Bertz CT molecular complexity index is 1640. The molecule has 194 valence electrons. The summed E-state index contributed by atoms with van der Waals surface area (Å²) in [6.45, 7) is 8.60. The molecule has 2 aliphatic rings. The van der Waals surface area contributed by atoms with Crippen molar-refractivity contribution < 1.29 is 4.79 Å². The second-order valence-corrected chi connectivity index (χ2v) is 11.5. The van der Waals surface area contributed by atoms with Crippen LogP contribution >= 0.6 is 0 Å². The number of carbonyl (C=O) groups excluding carboxylic acids is 1. The van der Waals surface area contributed by atoms with Crippen LogP contribution in [-0.2, 0) is 16.6 Å². The summed E-state index contributed by atoms with van der Waals surface area (Å²) >= 11 is 0. The smallest absolute Gasteiger partial charge is 0.176 e. The number of hydrogen-bond donors (Lipinski definition) is 0. The van der Waals surface area contributed by atoms with Crippen molar-refractivity contribution in [2.24, 2.45) is 11.8 Å². The molecule has 4 nitrogen and oxygen atoms in total. The third-order valence-electron chi connectivity index (χ3n) is 8.86. The maximum atomic E-state index is 13.0. The van der Waals surface area contributed by atoms with Gasteiger partial charge in [-0.05, 0) is 59.6 Å². The Hall–Kier alpha value is -4.23. The summed E-state index contributed by atoms with van der Waals surface area (Å²) in [7, 11) is 0. The van der Waals surface area contributed by atoms with E-state index in [0.717, 1.165) is 41.0 Å². The Morgan fingerprint density at radius 3 is 2.36 bits per heavy atom. The molecule has 0 spiro atoms. The Morgan fingerprint density at radius 2 is 1.67 bits per heavy atom. The Balaban J connectivity index is 1.58. The fourth-order valence-corrected chi connectivity index (χ4v) is 6.74. The first-order valence-electron chi connectivity index (χ1n) is 13.9. The van der Waals surface area contributed by atoms with Crippen molar-refractivity contribution in [3.8, 4) is 34.1 Å². The highest BCUT2D eigenvalue weighted by atomic mass is 16.1. The first kappa shape index (κ1) is 25.1. The molecule has 0 unspecified atom stereocenters. The van der Waals surface area contributed by atoms with Crippen LogP contribution in [0.5, 0.6) is 0 Å². The number of nitriles is 1. The number of Topliss-reactive ketones (excluding diaryl/α,β-unsaturated/α-hetero) is 1. The van der Waals surface area contributed by atoms with Gasteiger partial charge in [-0.25, -0.2) is 4.68 Å².